The first-order valence-electron chi connectivity index (χ1n) is 9.87. The van der Waals surface area contributed by atoms with E-state index >= 15 is 0 Å². The molecule has 0 saturated heterocycles. The summed E-state index contributed by atoms with van der Waals surface area (Å²) in [6.07, 6.45) is 1.32. The lowest BCUT2D eigenvalue weighted by Gasteiger charge is -2.32. The number of carboxylic acids is 1. The van der Waals surface area contributed by atoms with Gasteiger partial charge in [0.2, 0.25) is 11.8 Å². The number of nitrogens with one attached hydrogen (secondary N) is 1. The summed E-state index contributed by atoms with van der Waals surface area (Å²) in [4.78, 5) is 40.8. The van der Waals surface area contributed by atoms with Gasteiger partial charge in [0.1, 0.15) is 16.1 Å². The Kier molecular flexibility index (Phi) is 4.49. The summed E-state index contributed by atoms with van der Waals surface area (Å²) < 4.78 is 14.3. The minimum absolute atomic E-state index is 0.00991. The number of nitrogens with zero attached hydrogens (tertiary/aromatic N) is 1. The van der Waals surface area contributed by atoms with Crippen molar-refractivity contribution in [3.8, 4) is 11.1 Å². The molecule has 0 fully saturated rings. The number of carboxylic acid groups (broad SMARTS) is 1. The molecule has 0 bridgehead atoms. The van der Waals surface area contributed by atoms with Gasteiger partial charge in [-0.1, -0.05) is 36.4 Å². The number of carbonyl (C=O) groups is 3. The lowest BCUT2D eigenvalue weighted by Crippen LogP contribution is -2.46. The van der Waals surface area contributed by atoms with Gasteiger partial charge in [-0.15, -0.1) is 17.9 Å². The Bertz CT molecular complexity index is 1320. The van der Waals surface area contributed by atoms with Crippen LogP contribution in [-0.2, 0) is 15.0 Å². The number of amides is 2. The zero-order valence-electron chi connectivity index (χ0n) is 16.7. The quantitative estimate of drug-likeness (QED) is 0.579. The van der Waals surface area contributed by atoms with Gasteiger partial charge < -0.3 is 15.3 Å². The van der Waals surface area contributed by atoms with Gasteiger partial charge in [0.25, 0.3) is 0 Å². The number of benzene rings is 2. The molecule has 0 unspecified atom stereocenters. The Balaban J connectivity index is 1.86. The third-order valence-electron chi connectivity index (χ3n) is 5.87. The van der Waals surface area contributed by atoms with Crippen molar-refractivity contribution >= 4 is 40.5 Å². The maximum absolute atomic E-state index is 14.3. The van der Waals surface area contributed by atoms with Crippen molar-refractivity contribution in [2.75, 3.05) is 16.8 Å². The Hall–Kier alpha value is -3.78. The number of halogens is 1. The first kappa shape index (κ1) is 20.1. The van der Waals surface area contributed by atoms with E-state index in [-0.39, 0.29) is 17.8 Å². The lowest BCUT2D eigenvalue weighted by molar-refractivity contribution is -0.126. The van der Waals surface area contributed by atoms with Crippen LogP contribution in [0.15, 0.2) is 61.2 Å². The van der Waals surface area contributed by atoms with Crippen molar-refractivity contribution in [3.63, 3.8) is 0 Å². The van der Waals surface area contributed by atoms with Gasteiger partial charge in [0.05, 0.1) is 17.0 Å². The second-order valence-corrected chi connectivity index (χ2v) is 8.70. The number of hydrogen-bond acceptors (Lipinski definition) is 4. The number of thiophene rings is 1. The van der Waals surface area contributed by atoms with E-state index in [1.54, 1.807) is 36.4 Å². The molecule has 6 nitrogen and oxygen atoms in total. The van der Waals surface area contributed by atoms with Gasteiger partial charge in [-0.25, -0.2) is 9.18 Å². The van der Waals surface area contributed by atoms with Gasteiger partial charge in [-0.2, -0.15) is 0 Å². The molecule has 2 aliphatic rings. The summed E-state index contributed by atoms with van der Waals surface area (Å²) in [5, 5.41) is 12.7. The minimum Gasteiger partial charge on any atom is -0.477 e. The van der Waals surface area contributed by atoms with E-state index in [0.29, 0.717) is 32.9 Å². The van der Waals surface area contributed by atoms with Crippen LogP contribution in [-0.4, -0.2) is 29.4 Å². The van der Waals surface area contributed by atoms with E-state index in [2.05, 4.69) is 11.9 Å². The fraction of sp³-hybridized carbons (Fsp3) is 0.125. The summed E-state index contributed by atoms with van der Waals surface area (Å²) in [6.45, 7) is 3.88. The normalized spacial score (nSPS) is 19.0. The minimum atomic E-state index is -1.50. The zero-order chi connectivity index (χ0) is 22.6. The Morgan fingerprint density at radius 3 is 2.69 bits per heavy atom. The van der Waals surface area contributed by atoms with Gasteiger partial charge in [0, 0.05) is 23.4 Å². The number of aromatic carboxylic acids is 1. The Labute approximate surface area is 186 Å². The van der Waals surface area contributed by atoms with Crippen molar-refractivity contribution in [2.24, 2.45) is 0 Å². The van der Waals surface area contributed by atoms with Crippen LogP contribution >= 0.6 is 11.3 Å². The molecule has 2 aliphatic heterocycles. The van der Waals surface area contributed by atoms with Crippen LogP contribution in [0.4, 0.5) is 15.8 Å². The molecule has 0 aliphatic carbocycles. The summed E-state index contributed by atoms with van der Waals surface area (Å²) in [6, 6.07) is 12.9. The van der Waals surface area contributed by atoms with Gasteiger partial charge in [-0.3, -0.25) is 9.59 Å². The summed E-state index contributed by atoms with van der Waals surface area (Å²) in [7, 11) is 0. The van der Waals surface area contributed by atoms with Crippen molar-refractivity contribution in [3.05, 3.63) is 82.3 Å². The second kappa shape index (κ2) is 7.13. The predicted octanol–water partition coefficient (Wildman–Crippen LogP) is 4.41. The number of rotatable bonds is 4. The number of anilines is 2. The van der Waals surface area contributed by atoms with Crippen LogP contribution < -0.4 is 10.2 Å². The molecule has 1 atom stereocenters. The summed E-state index contributed by atoms with van der Waals surface area (Å²) in [5.74, 6) is -2.54. The highest BCUT2D eigenvalue weighted by molar-refractivity contribution is 7.15. The van der Waals surface area contributed by atoms with Crippen molar-refractivity contribution in [1.82, 2.24) is 0 Å². The summed E-state index contributed by atoms with van der Waals surface area (Å²) in [5.41, 5.74) is 0.590. The van der Waals surface area contributed by atoms with E-state index in [0.717, 1.165) is 11.3 Å². The van der Waals surface area contributed by atoms with Crippen LogP contribution in [0, 0.1) is 5.82 Å². The molecule has 3 aromatic rings. The highest BCUT2D eigenvalue weighted by Crippen LogP contribution is 2.57. The first-order valence-corrected chi connectivity index (χ1v) is 10.7. The molecule has 2 amide bonds. The molecule has 3 heterocycles. The third-order valence-corrected chi connectivity index (χ3v) is 7.21. The number of hydrogen-bond donors (Lipinski definition) is 2. The van der Waals surface area contributed by atoms with E-state index in [1.165, 1.54) is 23.1 Å². The topological polar surface area (TPSA) is 86.7 Å². The molecule has 2 aromatic carbocycles. The van der Waals surface area contributed by atoms with E-state index in [4.69, 9.17) is 0 Å². The molecule has 0 saturated carbocycles. The molecule has 8 heteroatoms. The van der Waals surface area contributed by atoms with Crippen LogP contribution in [0.2, 0.25) is 0 Å². The van der Waals surface area contributed by atoms with Crippen LogP contribution in [0.5, 0.6) is 0 Å². The van der Waals surface area contributed by atoms with E-state index in [9.17, 15) is 23.9 Å². The molecular formula is C24H17FN2O4S. The number of carbonyl (C=O) groups excluding carboxylic acids is 2. The average Bonchev–Trinajstić information content (AvgIpc) is 3.26. The van der Waals surface area contributed by atoms with Crippen LogP contribution in [0.3, 0.4) is 0 Å². The van der Waals surface area contributed by atoms with Crippen molar-refractivity contribution in [2.45, 2.75) is 11.8 Å². The molecule has 1 aromatic heterocycles. The van der Waals surface area contributed by atoms with E-state index < -0.39 is 29.0 Å². The van der Waals surface area contributed by atoms with Gasteiger partial charge in [-0.05, 0) is 23.8 Å². The largest absolute Gasteiger partial charge is 0.477 e. The zero-order valence-corrected chi connectivity index (χ0v) is 17.5. The molecule has 1 spiro atoms. The van der Waals surface area contributed by atoms with Crippen LogP contribution in [0.1, 0.15) is 26.5 Å². The maximum Gasteiger partial charge on any atom is 0.346 e. The molecular weight excluding hydrogens is 431 g/mol. The van der Waals surface area contributed by atoms with Gasteiger partial charge in [0.15, 0.2) is 0 Å². The monoisotopic (exact) mass is 448 g/mol. The molecule has 0 radical (unpaired) electrons. The summed E-state index contributed by atoms with van der Waals surface area (Å²) >= 11 is 0.946. The Morgan fingerprint density at radius 1 is 1.25 bits per heavy atom. The molecule has 5 rings (SSSR count). The fourth-order valence-corrected chi connectivity index (χ4v) is 5.94. The fourth-order valence-electron chi connectivity index (χ4n) is 4.63. The molecule has 32 heavy (non-hydrogen) atoms. The third kappa shape index (κ3) is 2.66. The first-order chi connectivity index (χ1) is 15.4. The van der Waals surface area contributed by atoms with Crippen LogP contribution in [0.25, 0.3) is 11.1 Å². The smallest absolute Gasteiger partial charge is 0.346 e. The van der Waals surface area contributed by atoms with Gasteiger partial charge >= 0.3 is 5.97 Å². The second-order valence-electron chi connectivity index (χ2n) is 7.68. The highest BCUT2D eigenvalue weighted by atomic mass is 32.1. The van der Waals surface area contributed by atoms with Crippen molar-refractivity contribution in [1.29, 1.82) is 0 Å². The predicted molar refractivity (Wildman–Crippen MR) is 120 cm³/mol. The SMILES string of the molecule is C=CCN1C(=O)[C@]2(CC(=O)Nc3c2sc(C(=O)O)c3-c2ccccc2)c2cc(F)ccc21. The number of fused-ring (bicyclic) bond motifs is 4. The Morgan fingerprint density at radius 2 is 2.00 bits per heavy atom. The molecule has 2 N–H and O–H groups in total. The maximum atomic E-state index is 14.3. The van der Waals surface area contributed by atoms with E-state index in [1.807, 2.05) is 0 Å². The molecule has 160 valence electrons. The highest BCUT2D eigenvalue weighted by Gasteiger charge is 2.57. The average molecular weight is 448 g/mol. The lowest BCUT2D eigenvalue weighted by atomic mass is 9.74. The standard InChI is InChI=1S/C24H17FN2O4S/c1-2-10-27-16-9-8-14(25)11-15(16)24(23(27)31)12-17(28)26-19-18(13-6-4-3-5-7-13)20(22(29)30)32-21(19)24/h2-9,11H,1,10,12H2,(H,26,28)(H,29,30)/t24-/m1/s1. The van der Waals surface area contributed by atoms with Crippen molar-refractivity contribution < 1.29 is 23.9 Å².